The molecule has 10 heavy (non-hydrogen) atoms. The zero-order valence-electron chi connectivity index (χ0n) is 7.43. The van der Waals surface area contributed by atoms with E-state index in [-0.39, 0.29) is 7.92 Å². The lowest BCUT2D eigenvalue weighted by atomic mass is 10.3. The lowest BCUT2D eigenvalue weighted by Gasteiger charge is -2.04. The fourth-order valence-electron chi connectivity index (χ4n) is 0.825. The van der Waals surface area contributed by atoms with Gasteiger partial charge in [-0.2, -0.15) is 0 Å². The Labute approximate surface area is 66.5 Å². The van der Waals surface area contributed by atoms with Gasteiger partial charge in [0.25, 0.3) is 0 Å². The van der Waals surface area contributed by atoms with E-state index in [1.807, 2.05) is 0 Å². The minimum Gasteiger partial charge on any atom is -0.0841 e. The van der Waals surface area contributed by atoms with Crippen molar-refractivity contribution in [1.82, 2.24) is 0 Å². The van der Waals surface area contributed by atoms with Gasteiger partial charge in [0.2, 0.25) is 0 Å². The van der Waals surface area contributed by atoms with E-state index in [0.29, 0.717) is 0 Å². The average molecular weight is 158 g/mol. The van der Waals surface area contributed by atoms with Crippen LogP contribution < -0.4 is 0 Å². The van der Waals surface area contributed by atoms with E-state index < -0.39 is 0 Å². The molecule has 0 heterocycles. The Bertz CT molecular complexity index is 82.7. The van der Waals surface area contributed by atoms with Crippen LogP contribution in [0.15, 0.2) is 11.9 Å². The number of unbranched alkanes of at least 4 members (excludes halogenated alkanes) is 1. The summed E-state index contributed by atoms with van der Waals surface area (Å²) in [5.74, 6) is 2.43. The Hall–Kier alpha value is 0.170. The van der Waals surface area contributed by atoms with E-state index in [9.17, 15) is 0 Å². The predicted octanol–water partition coefficient (Wildman–Crippen LogP) is 3.82. The minimum absolute atomic E-state index is 0.252. The number of rotatable bonds is 5. The van der Waals surface area contributed by atoms with Crippen molar-refractivity contribution in [3.8, 4) is 0 Å². The maximum absolute atomic E-state index is 2.43. The molecule has 0 amide bonds. The summed E-state index contributed by atoms with van der Waals surface area (Å²) in [4.78, 5) is 0. The Morgan fingerprint density at radius 3 is 2.10 bits per heavy atom. The van der Waals surface area contributed by atoms with Crippen molar-refractivity contribution in [2.24, 2.45) is 0 Å². The first-order chi connectivity index (χ1) is 4.85. The first-order valence-corrected chi connectivity index (χ1v) is 6.03. The molecule has 0 rings (SSSR count). The highest BCUT2D eigenvalue weighted by Gasteiger charge is 1.93. The Kier molecular flexibility index (Phi) is 7.40. The second kappa shape index (κ2) is 7.28. The third-order valence-corrected chi connectivity index (χ3v) is 3.84. The van der Waals surface area contributed by atoms with E-state index >= 15 is 0 Å². The van der Waals surface area contributed by atoms with Gasteiger partial charge in [0.15, 0.2) is 0 Å². The Balaban J connectivity index is 3.40. The van der Waals surface area contributed by atoms with Gasteiger partial charge in [-0.15, -0.1) is 0 Å². The largest absolute Gasteiger partial charge is 0.0841 e. The quantitative estimate of drug-likeness (QED) is 0.533. The zero-order chi connectivity index (χ0) is 7.82. The topological polar surface area (TPSA) is 0 Å². The maximum atomic E-state index is 2.43. The van der Waals surface area contributed by atoms with Gasteiger partial charge in [-0.3, -0.25) is 0 Å². The van der Waals surface area contributed by atoms with Gasteiger partial charge in [0.1, 0.15) is 0 Å². The van der Waals surface area contributed by atoms with Crippen molar-refractivity contribution in [1.29, 1.82) is 0 Å². The highest BCUT2D eigenvalue weighted by atomic mass is 31.1. The SMILES string of the molecule is CCCC=CP(CC)CC. The van der Waals surface area contributed by atoms with Crippen molar-refractivity contribution < 1.29 is 0 Å². The molecule has 0 aliphatic carbocycles. The third kappa shape index (κ3) is 4.99. The molecule has 1 heteroatoms. The lowest BCUT2D eigenvalue weighted by molar-refractivity contribution is 0.960. The second-order valence-electron chi connectivity index (χ2n) is 2.39. The molecule has 0 nitrogen and oxygen atoms in total. The standard InChI is InChI=1S/C9H19P/c1-4-7-8-9-10(5-2)6-3/h8-9H,4-7H2,1-3H3. The number of hydrogen-bond donors (Lipinski definition) is 0. The van der Waals surface area contributed by atoms with Crippen LogP contribution in [0.25, 0.3) is 0 Å². The van der Waals surface area contributed by atoms with Gasteiger partial charge < -0.3 is 0 Å². The van der Waals surface area contributed by atoms with E-state index in [1.54, 1.807) is 0 Å². The molecule has 60 valence electrons. The summed E-state index contributed by atoms with van der Waals surface area (Å²) in [6.45, 7) is 6.79. The van der Waals surface area contributed by atoms with Gasteiger partial charge in [-0.1, -0.05) is 47.0 Å². The summed E-state index contributed by atoms with van der Waals surface area (Å²) in [7, 11) is 0.252. The van der Waals surface area contributed by atoms with Crippen LogP contribution in [0.5, 0.6) is 0 Å². The monoisotopic (exact) mass is 158 g/mol. The molecule has 0 saturated carbocycles. The molecule has 0 unspecified atom stereocenters. The molecule has 0 aromatic carbocycles. The summed E-state index contributed by atoms with van der Waals surface area (Å²) < 4.78 is 0. The molecule has 0 saturated heterocycles. The lowest BCUT2D eigenvalue weighted by Crippen LogP contribution is -1.76. The van der Waals surface area contributed by atoms with Crippen LogP contribution in [0.2, 0.25) is 0 Å². The van der Waals surface area contributed by atoms with Crippen molar-refractivity contribution in [2.75, 3.05) is 12.3 Å². The fraction of sp³-hybridized carbons (Fsp3) is 0.778. The Morgan fingerprint density at radius 1 is 1.10 bits per heavy atom. The predicted molar refractivity (Wildman–Crippen MR) is 52.1 cm³/mol. The van der Waals surface area contributed by atoms with Gasteiger partial charge in [-0.05, 0) is 18.7 Å². The molecule has 0 aromatic rings. The van der Waals surface area contributed by atoms with Crippen LogP contribution in [-0.2, 0) is 0 Å². The normalized spacial score (nSPS) is 11.6. The molecule has 0 bridgehead atoms. The van der Waals surface area contributed by atoms with Gasteiger partial charge >= 0.3 is 0 Å². The van der Waals surface area contributed by atoms with Crippen molar-refractivity contribution in [3.63, 3.8) is 0 Å². The van der Waals surface area contributed by atoms with Crippen molar-refractivity contribution >= 4 is 7.92 Å². The average Bonchev–Trinajstić information content (AvgIpc) is 1.99. The summed E-state index contributed by atoms with van der Waals surface area (Å²) in [6, 6.07) is 0. The van der Waals surface area contributed by atoms with Crippen LogP contribution >= 0.6 is 7.92 Å². The second-order valence-corrected chi connectivity index (χ2v) is 5.14. The maximum Gasteiger partial charge on any atom is -0.0320 e. The molecule has 0 radical (unpaired) electrons. The molecule has 0 fully saturated rings. The molecule has 0 aliphatic heterocycles. The van der Waals surface area contributed by atoms with Gasteiger partial charge in [0, 0.05) is 0 Å². The highest BCUT2D eigenvalue weighted by Crippen LogP contribution is 2.35. The van der Waals surface area contributed by atoms with Gasteiger partial charge in [-0.25, -0.2) is 0 Å². The van der Waals surface area contributed by atoms with Gasteiger partial charge in [0.05, 0.1) is 0 Å². The fourth-order valence-corrected chi connectivity index (χ4v) is 2.14. The van der Waals surface area contributed by atoms with Crippen LogP contribution in [0.4, 0.5) is 0 Å². The summed E-state index contributed by atoms with van der Waals surface area (Å²) in [5, 5.41) is 0. The third-order valence-electron chi connectivity index (χ3n) is 1.58. The van der Waals surface area contributed by atoms with Crippen LogP contribution in [-0.4, -0.2) is 12.3 Å². The molecule has 0 aliphatic rings. The van der Waals surface area contributed by atoms with Crippen molar-refractivity contribution in [2.45, 2.75) is 33.6 Å². The Morgan fingerprint density at radius 2 is 1.70 bits per heavy atom. The molecule has 0 atom stereocenters. The molecule has 0 spiro atoms. The zero-order valence-corrected chi connectivity index (χ0v) is 8.32. The smallest absolute Gasteiger partial charge is 0.0320 e. The first kappa shape index (κ1) is 10.2. The van der Waals surface area contributed by atoms with Crippen LogP contribution in [0, 0.1) is 0 Å². The summed E-state index contributed by atoms with van der Waals surface area (Å²) in [5.41, 5.74) is 0. The van der Waals surface area contributed by atoms with E-state index in [1.165, 1.54) is 25.2 Å². The van der Waals surface area contributed by atoms with Crippen molar-refractivity contribution in [3.05, 3.63) is 11.9 Å². The van der Waals surface area contributed by atoms with E-state index in [4.69, 9.17) is 0 Å². The first-order valence-electron chi connectivity index (χ1n) is 4.25. The molecule has 0 N–H and O–H groups in total. The van der Waals surface area contributed by atoms with E-state index in [0.717, 1.165) is 0 Å². The number of hydrogen-bond acceptors (Lipinski definition) is 0. The molecule has 0 aromatic heterocycles. The van der Waals surface area contributed by atoms with Crippen LogP contribution in [0.3, 0.4) is 0 Å². The number of allylic oxidation sites excluding steroid dienone is 1. The van der Waals surface area contributed by atoms with E-state index in [2.05, 4.69) is 32.7 Å². The van der Waals surface area contributed by atoms with Crippen LogP contribution in [0.1, 0.15) is 33.6 Å². The highest BCUT2D eigenvalue weighted by molar-refractivity contribution is 7.60. The molecular weight excluding hydrogens is 139 g/mol. The molecular formula is C9H19P. The summed E-state index contributed by atoms with van der Waals surface area (Å²) >= 11 is 0. The minimum atomic E-state index is 0.252. The summed E-state index contributed by atoms with van der Waals surface area (Å²) in [6.07, 6.45) is 7.60.